The minimum absolute atomic E-state index is 0.219. The molecule has 2 unspecified atom stereocenters. The first-order valence-corrected chi connectivity index (χ1v) is 7.29. The predicted octanol–water partition coefficient (Wildman–Crippen LogP) is 3.35. The number of fused-ring (bicyclic) bond motifs is 1. The van der Waals surface area contributed by atoms with E-state index in [9.17, 15) is 0 Å². The summed E-state index contributed by atoms with van der Waals surface area (Å²) in [7, 11) is 0. The summed E-state index contributed by atoms with van der Waals surface area (Å²) in [5.41, 5.74) is 1.88. The van der Waals surface area contributed by atoms with Gasteiger partial charge in [-0.1, -0.05) is 6.58 Å². The Hall–Kier alpha value is -0.500. The Balaban J connectivity index is 2.09. The molecule has 2 heteroatoms. The highest BCUT2D eigenvalue weighted by molar-refractivity contribution is 5.09. The van der Waals surface area contributed by atoms with E-state index in [2.05, 4.69) is 57.9 Å². The second-order valence-corrected chi connectivity index (χ2v) is 8.15. The molecule has 2 nitrogen and oxygen atoms in total. The highest BCUT2D eigenvalue weighted by Crippen LogP contribution is 2.40. The molecular formula is C16H30N2. The number of hydrogen-bond donors (Lipinski definition) is 0. The topological polar surface area (TPSA) is 6.48 Å². The SMILES string of the molecule is C=C1CC2CN(C(C)(C)C)CC2CN1C(C)(C)C. The number of nitrogens with zero attached hydrogens (tertiary/aromatic N) is 2. The first kappa shape index (κ1) is 13.9. The molecule has 0 aromatic carbocycles. The van der Waals surface area contributed by atoms with E-state index in [4.69, 9.17) is 0 Å². The average Bonchev–Trinajstić information content (AvgIpc) is 2.56. The van der Waals surface area contributed by atoms with Gasteiger partial charge in [0, 0.05) is 36.4 Å². The van der Waals surface area contributed by atoms with Gasteiger partial charge in [-0.15, -0.1) is 0 Å². The number of allylic oxidation sites excluding steroid dienone is 1. The van der Waals surface area contributed by atoms with Crippen LogP contribution in [-0.4, -0.2) is 40.5 Å². The van der Waals surface area contributed by atoms with Crippen LogP contribution in [0.2, 0.25) is 0 Å². The number of piperidine rings is 1. The van der Waals surface area contributed by atoms with Crippen LogP contribution >= 0.6 is 0 Å². The first-order chi connectivity index (χ1) is 8.09. The van der Waals surface area contributed by atoms with Crippen LogP contribution in [0.5, 0.6) is 0 Å². The quantitative estimate of drug-likeness (QED) is 0.650. The molecule has 0 spiro atoms. The van der Waals surface area contributed by atoms with E-state index in [1.807, 2.05) is 0 Å². The van der Waals surface area contributed by atoms with Gasteiger partial charge in [0.25, 0.3) is 0 Å². The number of likely N-dealkylation sites (tertiary alicyclic amines) is 2. The lowest BCUT2D eigenvalue weighted by Crippen LogP contribution is -2.48. The van der Waals surface area contributed by atoms with Crippen molar-refractivity contribution < 1.29 is 0 Å². The number of hydrogen-bond acceptors (Lipinski definition) is 2. The van der Waals surface area contributed by atoms with Crippen molar-refractivity contribution in [2.24, 2.45) is 11.8 Å². The van der Waals surface area contributed by atoms with Crippen molar-refractivity contribution in [3.63, 3.8) is 0 Å². The summed E-state index contributed by atoms with van der Waals surface area (Å²) in [4.78, 5) is 5.18. The van der Waals surface area contributed by atoms with Crippen molar-refractivity contribution in [3.8, 4) is 0 Å². The van der Waals surface area contributed by atoms with E-state index in [-0.39, 0.29) is 5.54 Å². The van der Waals surface area contributed by atoms with E-state index in [1.54, 1.807) is 0 Å². The summed E-state index contributed by atoms with van der Waals surface area (Å²) in [5, 5.41) is 0. The maximum Gasteiger partial charge on any atom is 0.0314 e. The van der Waals surface area contributed by atoms with E-state index >= 15 is 0 Å². The van der Waals surface area contributed by atoms with Crippen molar-refractivity contribution in [1.82, 2.24) is 9.80 Å². The Morgan fingerprint density at radius 3 is 1.94 bits per heavy atom. The molecule has 2 heterocycles. The zero-order chi connectivity index (χ0) is 13.7. The van der Waals surface area contributed by atoms with Crippen molar-refractivity contribution in [1.29, 1.82) is 0 Å². The van der Waals surface area contributed by atoms with Crippen molar-refractivity contribution in [2.75, 3.05) is 19.6 Å². The van der Waals surface area contributed by atoms with Gasteiger partial charge in [0.15, 0.2) is 0 Å². The van der Waals surface area contributed by atoms with Crippen LogP contribution in [0.4, 0.5) is 0 Å². The maximum atomic E-state index is 4.32. The molecule has 104 valence electrons. The second kappa shape index (κ2) is 4.26. The smallest absolute Gasteiger partial charge is 0.0314 e. The summed E-state index contributed by atoms with van der Waals surface area (Å²) in [6, 6.07) is 0. The molecule has 2 fully saturated rings. The Morgan fingerprint density at radius 2 is 1.44 bits per heavy atom. The highest BCUT2D eigenvalue weighted by Gasteiger charge is 2.43. The molecule has 18 heavy (non-hydrogen) atoms. The third kappa shape index (κ3) is 2.59. The fraction of sp³-hybridized carbons (Fsp3) is 0.875. The fourth-order valence-electron chi connectivity index (χ4n) is 3.45. The zero-order valence-electron chi connectivity index (χ0n) is 13.1. The molecule has 0 aliphatic carbocycles. The van der Waals surface area contributed by atoms with Crippen LogP contribution in [0.25, 0.3) is 0 Å². The lowest BCUT2D eigenvalue weighted by molar-refractivity contribution is 0.107. The van der Waals surface area contributed by atoms with Gasteiger partial charge >= 0.3 is 0 Å². The molecule has 0 saturated carbocycles. The lowest BCUT2D eigenvalue weighted by atomic mass is 9.84. The Kier molecular flexibility index (Phi) is 3.30. The highest BCUT2D eigenvalue weighted by atomic mass is 15.3. The Bertz CT molecular complexity index is 332. The molecule has 2 aliphatic heterocycles. The van der Waals surface area contributed by atoms with Gasteiger partial charge in [-0.05, 0) is 59.8 Å². The van der Waals surface area contributed by atoms with Crippen LogP contribution in [-0.2, 0) is 0 Å². The normalized spacial score (nSPS) is 30.8. The minimum atomic E-state index is 0.219. The molecule has 2 saturated heterocycles. The van der Waals surface area contributed by atoms with Gasteiger partial charge in [0.05, 0.1) is 0 Å². The molecule has 0 aromatic heterocycles. The first-order valence-electron chi connectivity index (χ1n) is 7.29. The summed E-state index contributed by atoms with van der Waals surface area (Å²) < 4.78 is 0. The van der Waals surface area contributed by atoms with Crippen LogP contribution in [0.1, 0.15) is 48.0 Å². The van der Waals surface area contributed by atoms with Crippen LogP contribution in [0.15, 0.2) is 12.3 Å². The molecule has 0 N–H and O–H groups in total. The zero-order valence-corrected chi connectivity index (χ0v) is 13.1. The van der Waals surface area contributed by atoms with Gasteiger partial charge in [-0.25, -0.2) is 0 Å². The van der Waals surface area contributed by atoms with E-state index in [0.29, 0.717) is 5.54 Å². The van der Waals surface area contributed by atoms with Crippen molar-refractivity contribution in [3.05, 3.63) is 12.3 Å². The van der Waals surface area contributed by atoms with Gasteiger partial charge < -0.3 is 4.90 Å². The van der Waals surface area contributed by atoms with Gasteiger partial charge in [-0.2, -0.15) is 0 Å². The standard InChI is InChI=1S/C16H30N2/c1-12-8-13-9-17(15(2,3)4)10-14(13)11-18(12)16(5,6)7/h13-14H,1,8-11H2,2-7H3. The van der Waals surface area contributed by atoms with Gasteiger partial charge in [-0.3, -0.25) is 4.90 Å². The van der Waals surface area contributed by atoms with E-state index in [1.165, 1.54) is 31.8 Å². The van der Waals surface area contributed by atoms with E-state index < -0.39 is 0 Å². The summed E-state index contributed by atoms with van der Waals surface area (Å²) >= 11 is 0. The van der Waals surface area contributed by atoms with Crippen molar-refractivity contribution >= 4 is 0 Å². The third-order valence-corrected chi connectivity index (χ3v) is 4.63. The molecule has 0 radical (unpaired) electrons. The molecule has 0 aromatic rings. The van der Waals surface area contributed by atoms with Crippen LogP contribution in [0, 0.1) is 11.8 Å². The minimum Gasteiger partial charge on any atom is -0.370 e. The third-order valence-electron chi connectivity index (χ3n) is 4.63. The summed E-state index contributed by atoms with van der Waals surface area (Å²) in [5.74, 6) is 1.66. The second-order valence-electron chi connectivity index (χ2n) is 8.15. The summed E-state index contributed by atoms with van der Waals surface area (Å²) in [6.45, 7) is 21.9. The molecule has 2 aliphatic rings. The molecule has 0 bridgehead atoms. The van der Waals surface area contributed by atoms with Gasteiger partial charge in [0.2, 0.25) is 0 Å². The lowest BCUT2D eigenvalue weighted by Gasteiger charge is -2.45. The largest absolute Gasteiger partial charge is 0.370 e. The fourth-order valence-corrected chi connectivity index (χ4v) is 3.45. The molecule has 0 amide bonds. The summed E-state index contributed by atoms with van der Waals surface area (Å²) in [6.07, 6.45) is 1.19. The predicted molar refractivity (Wildman–Crippen MR) is 78.5 cm³/mol. The Labute approximate surface area is 113 Å². The molecule has 2 rings (SSSR count). The van der Waals surface area contributed by atoms with Crippen molar-refractivity contribution in [2.45, 2.75) is 59.0 Å². The average molecular weight is 250 g/mol. The monoisotopic (exact) mass is 250 g/mol. The number of rotatable bonds is 0. The van der Waals surface area contributed by atoms with Gasteiger partial charge in [0.1, 0.15) is 0 Å². The van der Waals surface area contributed by atoms with Crippen LogP contribution < -0.4 is 0 Å². The Morgan fingerprint density at radius 1 is 0.889 bits per heavy atom. The molecule has 2 atom stereocenters. The molecular weight excluding hydrogens is 220 g/mol. The maximum absolute atomic E-state index is 4.32. The van der Waals surface area contributed by atoms with Crippen LogP contribution in [0.3, 0.4) is 0 Å². The van der Waals surface area contributed by atoms with E-state index in [0.717, 1.165) is 11.8 Å².